The second-order valence-corrected chi connectivity index (χ2v) is 7.31. The lowest BCUT2D eigenvalue weighted by molar-refractivity contribution is 0.714. The van der Waals surface area contributed by atoms with E-state index in [9.17, 15) is 0 Å². The monoisotopic (exact) mass is 342 g/mol. The van der Waals surface area contributed by atoms with Crippen molar-refractivity contribution < 1.29 is 0 Å². The highest BCUT2D eigenvalue weighted by Crippen LogP contribution is 2.28. The van der Waals surface area contributed by atoms with Gasteiger partial charge in [-0.15, -0.1) is 0 Å². The van der Waals surface area contributed by atoms with Crippen molar-refractivity contribution in [3.63, 3.8) is 0 Å². The van der Waals surface area contributed by atoms with Crippen LogP contribution in [-0.2, 0) is 13.0 Å². The fourth-order valence-electron chi connectivity index (χ4n) is 3.78. The lowest BCUT2D eigenvalue weighted by Gasteiger charge is -2.30. The smallest absolute Gasteiger partial charge is 0.134 e. The predicted molar refractivity (Wildman–Crippen MR) is 98.9 cm³/mol. The summed E-state index contributed by atoms with van der Waals surface area (Å²) in [4.78, 5) is 11.6. The van der Waals surface area contributed by atoms with Crippen LogP contribution in [0.15, 0.2) is 24.3 Å². The molecule has 2 aliphatic rings. The molecule has 0 unspecified atom stereocenters. The quantitative estimate of drug-likeness (QED) is 0.900. The summed E-state index contributed by atoms with van der Waals surface area (Å²) in [5, 5.41) is 4.41. The zero-order chi connectivity index (χ0) is 16.5. The number of halogens is 1. The SMILES string of the molecule is Cc1nc(NC2CCCC2)cc(N2CCc3cc(Cl)ccc3C2)n1. The normalized spacial score (nSPS) is 17.8. The Bertz CT molecular complexity index is 740. The molecule has 4 rings (SSSR count). The minimum atomic E-state index is 0.566. The van der Waals surface area contributed by atoms with E-state index in [0.717, 1.165) is 42.0 Å². The molecule has 0 atom stereocenters. The van der Waals surface area contributed by atoms with E-state index < -0.39 is 0 Å². The molecule has 0 saturated heterocycles. The summed E-state index contributed by atoms with van der Waals surface area (Å²) in [5.74, 6) is 2.81. The van der Waals surface area contributed by atoms with Crippen molar-refractivity contribution in [2.24, 2.45) is 0 Å². The lowest BCUT2D eigenvalue weighted by Crippen LogP contribution is -2.31. The number of hydrogen-bond donors (Lipinski definition) is 1. The average molecular weight is 343 g/mol. The Morgan fingerprint density at radius 3 is 2.79 bits per heavy atom. The van der Waals surface area contributed by atoms with Crippen LogP contribution in [-0.4, -0.2) is 22.6 Å². The average Bonchev–Trinajstić information content (AvgIpc) is 3.06. The van der Waals surface area contributed by atoms with Crippen molar-refractivity contribution in [2.75, 3.05) is 16.8 Å². The molecule has 2 heterocycles. The number of nitrogens with one attached hydrogen (secondary N) is 1. The number of fused-ring (bicyclic) bond motifs is 1. The molecule has 0 spiro atoms. The third-order valence-electron chi connectivity index (χ3n) is 5.04. The number of aromatic nitrogens is 2. The second kappa shape index (κ2) is 6.60. The number of aryl methyl sites for hydroxylation is 1. The van der Waals surface area contributed by atoms with E-state index in [4.69, 9.17) is 11.6 Å². The van der Waals surface area contributed by atoms with Gasteiger partial charge in [0.2, 0.25) is 0 Å². The van der Waals surface area contributed by atoms with Crippen molar-refractivity contribution in [3.8, 4) is 0 Å². The van der Waals surface area contributed by atoms with Crippen molar-refractivity contribution >= 4 is 23.2 Å². The molecule has 126 valence electrons. The highest BCUT2D eigenvalue weighted by atomic mass is 35.5. The summed E-state index contributed by atoms with van der Waals surface area (Å²) in [5.41, 5.74) is 2.70. The molecular formula is C19H23ClN4. The van der Waals surface area contributed by atoms with E-state index in [1.165, 1.54) is 36.8 Å². The van der Waals surface area contributed by atoms with Crippen LogP contribution in [0.2, 0.25) is 5.02 Å². The van der Waals surface area contributed by atoms with Gasteiger partial charge in [-0.3, -0.25) is 0 Å². The number of anilines is 2. The molecule has 1 N–H and O–H groups in total. The van der Waals surface area contributed by atoms with E-state index >= 15 is 0 Å². The van der Waals surface area contributed by atoms with Crippen LogP contribution < -0.4 is 10.2 Å². The Morgan fingerprint density at radius 1 is 1.12 bits per heavy atom. The van der Waals surface area contributed by atoms with Gasteiger partial charge in [0.1, 0.15) is 17.5 Å². The maximum atomic E-state index is 6.11. The van der Waals surface area contributed by atoms with Crippen LogP contribution >= 0.6 is 11.6 Å². The van der Waals surface area contributed by atoms with Crippen LogP contribution in [0.3, 0.4) is 0 Å². The number of rotatable bonds is 3. The Labute approximate surface area is 148 Å². The minimum absolute atomic E-state index is 0.566. The molecule has 5 heteroatoms. The van der Waals surface area contributed by atoms with Crippen LogP contribution in [0.25, 0.3) is 0 Å². The predicted octanol–water partition coefficient (Wildman–Crippen LogP) is 4.36. The molecule has 1 aliphatic carbocycles. The molecule has 0 amide bonds. The Morgan fingerprint density at radius 2 is 1.96 bits per heavy atom. The van der Waals surface area contributed by atoms with E-state index in [0.29, 0.717) is 6.04 Å². The molecular weight excluding hydrogens is 320 g/mol. The van der Waals surface area contributed by atoms with Gasteiger partial charge in [0, 0.05) is 30.2 Å². The standard InChI is InChI=1S/C19H23ClN4/c1-13-21-18(23-17-4-2-3-5-17)11-19(22-13)24-9-8-14-10-16(20)7-6-15(14)12-24/h6-7,10-11,17H,2-5,8-9,12H2,1H3,(H,21,22,23). The fraction of sp³-hybridized carbons (Fsp3) is 0.474. The van der Waals surface area contributed by atoms with Crippen molar-refractivity contribution in [1.29, 1.82) is 0 Å². The van der Waals surface area contributed by atoms with Crippen molar-refractivity contribution in [3.05, 3.63) is 46.2 Å². The third kappa shape index (κ3) is 3.34. The summed E-state index contributed by atoms with van der Waals surface area (Å²) < 4.78 is 0. The first-order valence-electron chi connectivity index (χ1n) is 8.82. The summed E-state index contributed by atoms with van der Waals surface area (Å²) in [6.07, 6.45) is 6.14. The number of benzene rings is 1. The van der Waals surface area contributed by atoms with E-state index in [2.05, 4.69) is 38.4 Å². The minimum Gasteiger partial charge on any atom is -0.367 e. The summed E-state index contributed by atoms with van der Waals surface area (Å²) in [6.45, 7) is 3.82. The maximum Gasteiger partial charge on any atom is 0.134 e. The van der Waals surface area contributed by atoms with Gasteiger partial charge < -0.3 is 10.2 Å². The highest BCUT2D eigenvalue weighted by Gasteiger charge is 2.20. The van der Waals surface area contributed by atoms with Crippen LogP contribution in [0.5, 0.6) is 0 Å². The van der Waals surface area contributed by atoms with Gasteiger partial charge in [-0.2, -0.15) is 0 Å². The van der Waals surface area contributed by atoms with Crippen molar-refractivity contribution in [2.45, 2.75) is 51.6 Å². The Balaban J connectivity index is 1.55. The summed E-state index contributed by atoms with van der Waals surface area (Å²) >= 11 is 6.11. The molecule has 1 fully saturated rings. The molecule has 0 radical (unpaired) electrons. The largest absolute Gasteiger partial charge is 0.367 e. The van der Waals surface area contributed by atoms with Gasteiger partial charge in [-0.25, -0.2) is 9.97 Å². The molecule has 0 bridgehead atoms. The first kappa shape index (κ1) is 15.7. The first-order valence-corrected chi connectivity index (χ1v) is 9.20. The fourth-order valence-corrected chi connectivity index (χ4v) is 3.98. The topological polar surface area (TPSA) is 41.1 Å². The van der Waals surface area contributed by atoms with E-state index in [1.54, 1.807) is 0 Å². The Kier molecular flexibility index (Phi) is 4.31. The zero-order valence-corrected chi connectivity index (χ0v) is 14.8. The third-order valence-corrected chi connectivity index (χ3v) is 5.27. The maximum absolute atomic E-state index is 6.11. The highest BCUT2D eigenvalue weighted by molar-refractivity contribution is 6.30. The summed E-state index contributed by atoms with van der Waals surface area (Å²) in [6, 6.07) is 8.87. The van der Waals surface area contributed by atoms with E-state index in [1.807, 2.05) is 13.0 Å². The second-order valence-electron chi connectivity index (χ2n) is 6.87. The number of nitrogens with zero attached hydrogens (tertiary/aromatic N) is 3. The number of hydrogen-bond acceptors (Lipinski definition) is 4. The van der Waals surface area contributed by atoms with Gasteiger partial charge in [0.05, 0.1) is 0 Å². The Hall–Kier alpha value is -1.81. The van der Waals surface area contributed by atoms with Gasteiger partial charge in [-0.05, 0) is 49.4 Å². The molecule has 1 aromatic carbocycles. The molecule has 2 aromatic rings. The van der Waals surface area contributed by atoms with Crippen LogP contribution in [0.1, 0.15) is 42.6 Å². The molecule has 1 aliphatic heterocycles. The molecule has 1 saturated carbocycles. The van der Waals surface area contributed by atoms with Crippen molar-refractivity contribution in [1.82, 2.24) is 9.97 Å². The van der Waals surface area contributed by atoms with Crippen LogP contribution in [0, 0.1) is 6.92 Å². The molecule has 1 aromatic heterocycles. The zero-order valence-electron chi connectivity index (χ0n) is 14.1. The van der Waals surface area contributed by atoms with Gasteiger partial charge >= 0.3 is 0 Å². The first-order chi connectivity index (χ1) is 11.7. The summed E-state index contributed by atoms with van der Waals surface area (Å²) in [7, 11) is 0. The van der Waals surface area contributed by atoms with E-state index in [-0.39, 0.29) is 0 Å². The molecule has 4 nitrogen and oxygen atoms in total. The van der Waals surface area contributed by atoms with Gasteiger partial charge in [0.15, 0.2) is 0 Å². The lowest BCUT2D eigenvalue weighted by atomic mass is 10.00. The van der Waals surface area contributed by atoms with Gasteiger partial charge in [0.25, 0.3) is 0 Å². The molecule has 24 heavy (non-hydrogen) atoms. The van der Waals surface area contributed by atoms with Crippen LogP contribution in [0.4, 0.5) is 11.6 Å². The van der Waals surface area contributed by atoms with Gasteiger partial charge in [-0.1, -0.05) is 30.5 Å².